The van der Waals surface area contributed by atoms with Crippen molar-refractivity contribution in [3.63, 3.8) is 0 Å². The maximum Gasteiger partial charge on any atom is 0.240 e. The quantitative estimate of drug-likeness (QED) is 0.540. The van der Waals surface area contributed by atoms with E-state index < -0.39 is 5.25 Å². The summed E-state index contributed by atoms with van der Waals surface area (Å²) in [6.07, 6.45) is 0.0457. The van der Waals surface area contributed by atoms with Crippen molar-refractivity contribution in [3.8, 4) is 5.75 Å². The second kappa shape index (κ2) is 9.88. The number of nitrogens with one attached hydrogen (secondary N) is 2. The molecule has 7 nitrogen and oxygen atoms in total. The van der Waals surface area contributed by atoms with Crippen LogP contribution in [0.15, 0.2) is 64.8 Å². The van der Waals surface area contributed by atoms with Crippen LogP contribution in [0.2, 0.25) is 0 Å². The lowest BCUT2D eigenvalue weighted by atomic mass is 10.1. The molecule has 0 spiro atoms. The number of rotatable bonds is 7. The molecule has 2 N–H and O–H groups in total. The summed E-state index contributed by atoms with van der Waals surface area (Å²) in [6, 6.07) is 16.7. The van der Waals surface area contributed by atoms with E-state index in [0.717, 1.165) is 17.0 Å². The molecule has 0 radical (unpaired) electrons. The summed E-state index contributed by atoms with van der Waals surface area (Å²) in [4.78, 5) is 24.4. The molecule has 1 aliphatic rings. The van der Waals surface area contributed by atoms with E-state index >= 15 is 0 Å². The first-order valence-electron chi connectivity index (χ1n) is 9.23. The van der Waals surface area contributed by atoms with Crippen molar-refractivity contribution in [2.45, 2.75) is 25.5 Å². The number of benzene rings is 2. The normalized spacial score (nSPS) is 17.9. The van der Waals surface area contributed by atoms with Crippen molar-refractivity contribution >= 4 is 40.1 Å². The van der Waals surface area contributed by atoms with Crippen molar-refractivity contribution in [3.05, 3.63) is 60.2 Å². The predicted molar refractivity (Wildman–Crippen MR) is 116 cm³/mol. The third kappa shape index (κ3) is 5.92. The molecule has 1 saturated heterocycles. The van der Waals surface area contributed by atoms with Crippen molar-refractivity contribution in [1.82, 2.24) is 5.32 Å². The van der Waals surface area contributed by atoms with E-state index in [-0.39, 0.29) is 18.2 Å². The second-order valence-corrected chi connectivity index (χ2v) is 7.45. The fraction of sp³-hybridized carbons (Fsp3) is 0.238. The molecular weight excluding hydrogens is 388 g/mol. The summed E-state index contributed by atoms with van der Waals surface area (Å²) in [5, 5.41) is 13.6. The van der Waals surface area contributed by atoms with Gasteiger partial charge in [0.25, 0.3) is 0 Å². The fourth-order valence-corrected chi connectivity index (χ4v) is 3.54. The standard InChI is InChI=1S/C21H22N4O3S/c1-3-28-17-11-9-16(10-12-17)22-19(26)13-18-20(27)23-21(29-18)25-24-14(2)15-7-5-4-6-8-15/h4-12,18H,3,13H2,1-2H3,(H,22,26)(H,23,25,27). The highest BCUT2D eigenvalue weighted by Crippen LogP contribution is 2.23. The molecule has 1 heterocycles. The van der Waals surface area contributed by atoms with Gasteiger partial charge in [0, 0.05) is 12.1 Å². The maximum absolute atomic E-state index is 12.3. The summed E-state index contributed by atoms with van der Waals surface area (Å²) in [6.45, 7) is 4.34. The van der Waals surface area contributed by atoms with Crippen molar-refractivity contribution < 1.29 is 14.3 Å². The molecule has 0 saturated carbocycles. The average molecular weight is 410 g/mol. The summed E-state index contributed by atoms with van der Waals surface area (Å²) >= 11 is 1.21. The van der Waals surface area contributed by atoms with Gasteiger partial charge in [-0.05, 0) is 43.7 Å². The number of amides is 2. The molecule has 0 aliphatic carbocycles. The lowest BCUT2D eigenvalue weighted by molar-refractivity contribution is -0.122. The van der Waals surface area contributed by atoms with Gasteiger partial charge in [0.2, 0.25) is 11.8 Å². The van der Waals surface area contributed by atoms with Crippen LogP contribution in [-0.2, 0) is 9.59 Å². The summed E-state index contributed by atoms with van der Waals surface area (Å²) in [7, 11) is 0. The number of nitrogens with zero attached hydrogens (tertiary/aromatic N) is 2. The third-order valence-electron chi connectivity index (χ3n) is 4.08. The zero-order chi connectivity index (χ0) is 20.6. The number of carbonyl (C=O) groups excluding carboxylic acids is 2. The van der Waals surface area contributed by atoms with Gasteiger partial charge in [0.1, 0.15) is 11.0 Å². The molecular formula is C21H22N4O3S. The Morgan fingerprint density at radius 2 is 1.90 bits per heavy atom. The number of amidine groups is 1. The molecule has 0 aromatic heterocycles. The van der Waals surface area contributed by atoms with Gasteiger partial charge in [-0.15, -0.1) is 5.10 Å². The first-order chi connectivity index (χ1) is 14.0. The van der Waals surface area contributed by atoms with Crippen LogP contribution in [-0.4, -0.2) is 34.6 Å². The van der Waals surface area contributed by atoms with Crippen molar-refractivity contribution in [2.24, 2.45) is 10.2 Å². The van der Waals surface area contributed by atoms with Gasteiger partial charge in [-0.2, -0.15) is 5.10 Å². The first kappa shape index (κ1) is 20.6. The van der Waals surface area contributed by atoms with Crippen molar-refractivity contribution in [1.29, 1.82) is 0 Å². The number of anilines is 1. The fourth-order valence-electron chi connectivity index (χ4n) is 2.63. The van der Waals surface area contributed by atoms with E-state index in [4.69, 9.17) is 4.74 Å². The molecule has 1 atom stereocenters. The van der Waals surface area contributed by atoms with Gasteiger partial charge in [-0.25, -0.2) is 0 Å². The maximum atomic E-state index is 12.3. The molecule has 1 aliphatic heterocycles. The molecule has 8 heteroatoms. The molecule has 0 bridgehead atoms. The smallest absolute Gasteiger partial charge is 0.240 e. The van der Waals surface area contributed by atoms with E-state index in [2.05, 4.69) is 20.8 Å². The Hall–Kier alpha value is -3.13. The SMILES string of the molecule is CCOc1ccc(NC(=O)CC2S/C(=N/N=C(C)c3ccccc3)NC2=O)cc1. The Morgan fingerprint density at radius 3 is 2.59 bits per heavy atom. The van der Waals surface area contributed by atoms with Gasteiger partial charge in [-0.1, -0.05) is 42.1 Å². The number of thioether (sulfide) groups is 1. The van der Waals surface area contributed by atoms with Crippen molar-refractivity contribution in [2.75, 3.05) is 11.9 Å². The first-order valence-corrected chi connectivity index (χ1v) is 10.1. The highest BCUT2D eigenvalue weighted by atomic mass is 32.2. The van der Waals surface area contributed by atoms with E-state index in [9.17, 15) is 9.59 Å². The Morgan fingerprint density at radius 1 is 1.17 bits per heavy atom. The number of ether oxygens (including phenoxy) is 1. The minimum atomic E-state index is -0.538. The van der Waals surface area contributed by atoms with E-state index in [1.54, 1.807) is 24.3 Å². The minimum Gasteiger partial charge on any atom is -0.494 e. The van der Waals surface area contributed by atoms with Gasteiger partial charge >= 0.3 is 0 Å². The van der Waals surface area contributed by atoms with Crippen LogP contribution in [0.3, 0.4) is 0 Å². The van der Waals surface area contributed by atoms with Crippen LogP contribution in [0.25, 0.3) is 0 Å². The highest BCUT2D eigenvalue weighted by molar-refractivity contribution is 8.15. The average Bonchev–Trinajstić information content (AvgIpc) is 3.07. The third-order valence-corrected chi connectivity index (χ3v) is 5.15. The molecule has 150 valence electrons. The van der Waals surface area contributed by atoms with E-state index in [1.165, 1.54) is 11.8 Å². The van der Waals surface area contributed by atoms with Crippen LogP contribution in [0.4, 0.5) is 5.69 Å². The van der Waals surface area contributed by atoms with Gasteiger partial charge < -0.3 is 15.4 Å². The molecule has 1 unspecified atom stereocenters. The van der Waals surface area contributed by atoms with Gasteiger partial charge in [-0.3, -0.25) is 9.59 Å². The van der Waals surface area contributed by atoms with Gasteiger partial charge in [0.15, 0.2) is 5.17 Å². The Kier molecular flexibility index (Phi) is 7.02. The Bertz CT molecular complexity index is 927. The number of hydrogen-bond acceptors (Lipinski definition) is 6. The number of hydrogen-bond donors (Lipinski definition) is 2. The van der Waals surface area contributed by atoms with Crippen LogP contribution in [0.5, 0.6) is 5.75 Å². The van der Waals surface area contributed by atoms with Crippen LogP contribution < -0.4 is 15.4 Å². The monoisotopic (exact) mass is 410 g/mol. The zero-order valence-electron chi connectivity index (χ0n) is 16.2. The predicted octanol–water partition coefficient (Wildman–Crippen LogP) is 3.43. The lowest BCUT2D eigenvalue weighted by Crippen LogP contribution is -2.28. The molecule has 2 aromatic rings. The lowest BCUT2D eigenvalue weighted by Gasteiger charge is -2.08. The Balaban J connectivity index is 1.55. The molecule has 1 fully saturated rings. The van der Waals surface area contributed by atoms with Crippen LogP contribution in [0.1, 0.15) is 25.8 Å². The van der Waals surface area contributed by atoms with Gasteiger partial charge in [0.05, 0.1) is 12.3 Å². The Labute approximate surface area is 173 Å². The molecule has 29 heavy (non-hydrogen) atoms. The summed E-state index contributed by atoms with van der Waals surface area (Å²) < 4.78 is 5.37. The molecule has 3 rings (SSSR count). The van der Waals surface area contributed by atoms with Crippen LogP contribution >= 0.6 is 11.8 Å². The topological polar surface area (TPSA) is 92.2 Å². The molecule has 2 aromatic carbocycles. The highest BCUT2D eigenvalue weighted by Gasteiger charge is 2.32. The summed E-state index contributed by atoms with van der Waals surface area (Å²) in [5.41, 5.74) is 2.35. The molecule has 2 amide bonds. The van der Waals surface area contributed by atoms with Crippen LogP contribution in [0, 0.1) is 0 Å². The minimum absolute atomic E-state index is 0.0457. The number of carbonyl (C=O) groups is 2. The van der Waals surface area contributed by atoms with E-state index in [1.807, 2.05) is 44.2 Å². The summed E-state index contributed by atoms with van der Waals surface area (Å²) in [5.74, 6) is 0.249. The zero-order valence-corrected chi connectivity index (χ0v) is 17.0. The van der Waals surface area contributed by atoms with E-state index in [0.29, 0.717) is 17.5 Å². The second-order valence-electron chi connectivity index (χ2n) is 6.26. The largest absolute Gasteiger partial charge is 0.494 e.